The zero-order valence-corrected chi connectivity index (χ0v) is 11.0. The number of rotatable bonds is 6. The predicted molar refractivity (Wildman–Crippen MR) is 70.8 cm³/mol. The van der Waals surface area contributed by atoms with E-state index >= 15 is 0 Å². The number of anilines is 1. The lowest BCUT2D eigenvalue weighted by atomic mass is 9.95. The van der Waals surface area contributed by atoms with Crippen LogP contribution in [0.15, 0.2) is 17.2 Å². The molecule has 0 radical (unpaired) electrons. The maximum Gasteiger partial charge on any atom is 0.293 e. The van der Waals surface area contributed by atoms with Gasteiger partial charge in [-0.25, -0.2) is 4.98 Å². The molecular weight excluding hydrogens is 230 g/mol. The van der Waals surface area contributed by atoms with Gasteiger partial charge in [-0.1, -0.05) is 6.92 Å². The monoisotopic (exact) mass is 251 g/mol. The summed E-state index contributed by atoms with van der Waals surface area (Å²) in [4.78, 5) is 16.4. The van der Waals surface area contributed by atoms with Crippen LogP contribution in [0.2, 0.25) is 0 Å². The van der Waals surface area contributed by atoms with E-state index in [2.05, 4.69) is 10.3 Å². The Morgan fingerprint density at radius 1 is 1.61 bits per heavy atom. The molecule has 1 unspecified atom stereocenters. The zero-order valence-electron chi connectivity index (χ0n) is 11.0. The van der Waals surface area contributed by atoms with E-state index in [0.717, 1.165) is 19.3 Å². The first kappa shape index (κ1) is 13.1. The Kier molecular flexibility index (Phi) is 3.71. The van der Waals surface area contributed by atoms with Gasteiger partial charge in [0.2, 0.25) is 0 Å². The molecule has 1 aromatic rings. The van der Waals surface area contributed by atoms with E-state index < -0.39 is 0 Å². The quantitative estimate of drug-likeness (QED) is 0.805. The molecule has 2 N–H and O–H groups in total. The van der Waals surface area contributed by atoms with E-state index in [0.29, 0.717) is 18.3 Å². The van der Waals surface area contributed by atoms with Crippen molar-refractivity contribution in [1.29, 1.82) is 0 Å². The van der Waals surface area contributed by atoms with Gasteiger partial charge in [-0.15, -0.1) is 0 Å². The smallest absolute Gasteiger partial charge is 0.293 e. The molecule has 0 aromatic carbocycles. The molecule has 18 heavy (non-hydrogen) atoms. The Hall–Kier alpha value is -1.36. The normalized spacial score (nSPS) is 18.4. The van der Waals surface area contributed by atoms with E-state index in [1.165, 1.54) is 0 Å². The average molecular weight is 251 g/mol. The van der Waals surface area contributed by atoms with Crippen LogP contribution in [0.1, 0.15) is 45.6 Å². The number of hydrogen-bond donors (Lipinski definition) is 2. The Morgan fingerprint density at radius 3 is 2.89 bits per heavy atom. The van der Waals surface area contributed by atoms with Crippen molar-refractivity contribution >= 4 is 5.82 Å². The molecule has 5 nitrogen and oxygen atoms in total. The number of nitrogens with one attached hydrogen (secondary N) is 1. The van der Waals surface area contributed by atoms with Gasteiger partial charge >= 0.3 is 0 Å². The Bertz CT molecular complexity index is 468. The first-order valence-corrected chi connectivity index (χ1v) is 6.56. The van der Waals surface area contributed by atoms with Gasteiger partial charge in [-0.05, 0) is 32.6 Å². The second kappa shape index (κ2) is 5.10. The topological polar surface area (TPSA) is 67.2 Å². The molecule has 100 valence electrons. The fourth-order valence-corrected chi connectivity index (χ4v) is 2.01. The van der Waals surface area contributed by atoms with Crippen LogP contribution in [-0.4, -0.2) is 26.8 Å². The SMILES string of the molecule is CCC(C)(CCO)Nc1nccn(C2CC2)c1=O. The molecule has 1 atom stereocenters. The summed E-state index contributed by atoms with van der Waals surface area (Å²) in [6.45, 7) is 4.13. The second-order valence-electron chi connectivity index (χ2n) is 5.23. The highest BCUT2D eigenvalue weighted by molar-refractivity contribution is 5.35. The minimum Gasteiger partial charge on any atom is -0.396 e. The lowest BCUT2D eigenvalue weighted by Crippen LogP contribution is -2.38. The molecule has 0 aliphatic heterocycles. The van der Waals surface area contributed by atoms with Gasteiger partial charge in [0.05, 0.1) is 0 Å². The van der Waals surface area contributed by atoms with Crippen molar-refractivity contribution < 1.29 is 5.11 Å². The molecule has 2 rings (SSSR count). The van der Waals surface area contributed by atoms with Gasteiger partial charge in [0.1, 0.15) is 0 Å². The van der Waals surface area contributed by atoms with Crippen LogP contribution in [0.4, 0.5) is 5.82 Å². The van der Waals surface area contributed by atoms with Crippen molar-refractivity contribution in [3.05, 3.63) is 22.7 Å². The molecule has 1 aliphatic rings. The van der Waals surface area contributed by atoms with Crippen molar-refractivity contribution in [2.45, 2.75) is 51.1 Å². The van der Waals surface area contributed by atoms with Crippen LogP contribution >= 0.6 is 0 Å². The largest absolute Gasteiger partial charge is 0.396 e. The van der Waals surface area contributed by atoms with Gasteiger partial charge < -0.3 is 15.0 Å². The molecular formula is C13H21N3O2. The van der Waals surface area contributed by atoms with Crippen LogP contribution in [0, 0.1) is 0 Å². The van der Waals surface area contributed by atoms with Crippen molar-refractivity contribution in [3.63, 3.8) is 0 Å². The molecule has 1 fully saturated rings. The first-order chi connectivity index (χ1) is 8.59. The maximum absolute atomic E-state index is 12.2. The van der Waals surface area contributed by atoms with Crippen LogP contribution in [0.3, 0.4) is 0 Å². The van der Waals surface area contributed by atoms with Gasteiger partial charge in [-0.3, -0.25) is 4.79 Å². The van der Waals surface area contributed by atoms with Crippen LogP contribution in [0.5, 0.6) is 0 Å². The molecule has 1 aromatic heterocycles. The lowest BCUT2D eigenvalue weighted by molar-refractivity contribution is 0.251. The number of aliphatic hydroxyl groups excluding tert-OH is 1. The number of hydrogen-bond acceptors (Lipinski definition) is 4. The van der Waals surface area contributed by atoms with E-state index in [-0.39, 0.29) is 17.7 Å². The van der Waals surface area contributed by atoms with Crippen molar-refractivity contribution in [3.8, 4) is 0 Å². The van der Waals surface area contributed by atoms with Gasteiger partial charge in [0.25, 0.3) is 5.56 Å². The third kappa shape index (κ3) is 2.72. The summed E-state index contributed by atoms with van der Waals surface area (Å²) in [5.41, 5.74) is -0.346. The van der Waals surface area contributed by atoms with E-state index in [1.807, 2.05) is 13.8 Å². The molecule has 1 aliphatic carbocycles. The standard InChI is InChI=1S/C13H21N3O2/c1-3-13(2,6-9-17)15-11-12(18)16(8-7-14-11)10-4-5-10/h7-8,10,17H,3-6,9H2,1-2H3,(H,14,15). The third-order valence-electron chi connectivity index (χ3n) is 3.67. The van der Waals surface area contributed by atoms with E-state index in [1.54, 1.807) is 17.0 Å². The van der Waals surface area contributed by atoms with Gasteiger partial charge in [0, 0.05) is 30.6 Å². The lowest BCUT2D eigenvalue weighted by Gasteiger charge is -2.29. The molecule has 1 heterocycles. The highest BCUT2D eigenvalue weighted by Crippen LogP contribution is 2.33. The molecule has 0 saturated heterocycles. The molecule has 0 bridgehead atoms. The van der Waals surface area contributed by atoms with Crippen LogP contribution < -0.4 is 10.9 Å². The molecule has 0 amide bonds. The maximum atomic E-state index is 12.2. The van der Waals surface area contributed by atoms with Gasteiger partial charge in [-0.2, -0.15) is 0 Å². The molecule has 5 heteroatoms. The van der Waals surface area contributed by atoms with E-state index in [9.17, 15) is 4.79 Å². The van der Waals surface area contributed by atoms with Gasteiger partial charge in [0.15, 0.2) is 5.82 Å². The zero-order chi connectivity index (χ0) is 13.2. The second-order valence-corrected chi connectivity index (χ2v) is 5.23. The first-order valence-electron chi connectivity index (χ1n) is 6.56. The fourth-order valence-electron chi connectivity index (χ4n) is 2.01. The summed E-state index contributed by atoms with van der Waals surface area (Å²) in [5, 5.41) is 12.3. The Morgan fingerprint density at radius 2 is 2.33 bits per heavy atom. The molecule has 0 spiro atoms. The molecule has 1 saturated carbocycles. The highest BCUT2D eigenvalue weighted by Gasteiger charge is 2.27. The van der Waals surface area contributed by atoms with Crippen LogP contribution in [-0.2, 0) is 0 Å². The van der Waals surface area contributed by atoms with Crippen molar-refractivity contribution in [2.75, 3.05) is 11.9 Å². The Balaban J connectivity index is 2.23. The summed E-state index contributed by atoms with van der Waals surface area (Å²) >= 11 is 0. The van der Waals surface area contributed by atoms with E-state index in [4.69, 9.17) is 5.11 Å². The number of nitrogens with zero attached hydrogens (tertiary/aromatic N) is 2. The predicted octanol–water partition coefficient (Wildman–Crippen LogP) is 1.54. The minimum absolute atomic E-state index is 0.0578. The average Bonchev–Trinajstić information content (AvgIpc) is 3.16. The highest BCUT2D eigenvalue weighted by atomic mass is 16.3. The minimum atomic E-state index is -0.288. The summed E-state index contributed by atoms with van der Waals surface area (Å²) < 4.78 is 1.75. The van der Waals surface area contributed by atoms with Crippen molar-refractivity contribution in [2.24, 2.45) is 0 Å². The van der Waals surface area contributed by atoms with Crippen LogP contribution in [0.25, 0.3) is 0 Å². The number of aromatic nitrogens is 2. The third-order valence-corrected chi connectivity index (χ3v) is 3.67. The van der Waals surface area contributed by atoms with Crippen molar-refractivity contribution in [1.82, 2.24) is 9.55 Å². The fraction of sp³-hybridized carbons (Fsp3) is 0.692. The summed E-state index contributed by atoms with van der Waals surface area (Å²) in [6, 6.07) is 0.353. The summed E-state index contributed by atoms with van der Waals surface area (Å²) in [7, 11) is 0. The summed E-state index contributed by atoms with van der Waals surface area (Å²) in [5.74, 6) is 0.391. The number of aliphatic hydroxyl groups is 1. The Labute approximate surface area is 107 Å². The summed E-state index contributed by atoms with van der Waals surface area (Å²) in [6.07, 6.45) is 6.99.